The normalized spacial score (nSPS) is 10.5. The molecule has 1 amide bonds. The van der Waals surface area contributed by atoms with Crippen LogP contribution in [0.15, 0.2) is 29.6 Å². The summed E-state index contributed by atoms with van der Waals surface area (Å²) in [7, 11) is 1.67. The summed E-state index contributed by atoms with van der Waals surface area (Å²) in [5.41, 5.74) is 1.55. The number of carboxylic acid groups (broad SMARTS) is 1. The van der Waals surface area contributed by atoms with Gasteiger partial charge < -0.3 is 10.0 Å². The van der Waals surface area contributed by atoms with Gasteiger partial charge in [0.25, 0.3) is 0 Å². The minimum Gasteiger partial charge on any atom is -0.481 e. The standard InChI is InChI=1S/C16H17ClN2O3S/c1-19(8-4-7-15(21)22)14(20)9-11-10-23-16(18-11)12-5-2-3-6-13(12)17/h2-3,5-6,10H,4,7-9H2,1H3,(H,21,22). The lowest BCUT2D eigenvalue weighted by atomic mass is 10.2. The predicted molar refractivity (Wildman–Crippen MR) is 90.8 cm³/mol. The summed E-state index contributed by atoms with van der Waals surface area (Å²) in [6.45, 7) is 0.423. The number of carbonyl (C=O) groups is 2. The van der Waals surface area contributed by atoms with Gasteiger partial charge in [-0.1, -0.05) is 29.8 Å². The number of hydrogen-bond acceptors (Lipinski definition) is 4. The van der Waals surface area contributed by atoms with E-state index in [0.717, 1.165) is 10.6 Å². The minimum atomic E-state index is -0.852. The highest BCUT2D eigenvalue weighted by atomic mass is 35.5. The molecular formula is C16H17ClN2O3S. The number of amides is 1. The lowest BCUT2D eigenvalue weighted by Crippen LogP contribution is -2.29. The number of hydrogen-bond donors (Lipinski definition) is 1. The summed E-state index contributed by atoms with van der Waals surface area (Å²) >= 11 is 7.60. The second-order valence-electron chi connectivity index (χ2n) is 5.11. The Hall–Kier alpha value is -1.92. The molecule has 122 valence electrons. The largest absolute Gasteiger partial charge is 0.481 e. The number of aliphatic carboxylic acids is 1. The number of halogens is 1. The van der Waals surface area contributed by atoms with Crippen LogP contribution in [0.25, 0.3) is 10.6 Å². The van der Waals surface area contributed by atoms with E-state index in [1.807, 2.05) is 23.6 Å². The van der Waals surface area contributed by atoms with Crippen molar-refractivity contribution < 1.29 is 14.7 Å². The Kier molecular flexibility index (Phi) is 6.12. The molecule has 0 saturated heterocycles. The fourth-order valence-corrected chi connectivity index (χ4v) is 3.17. The van der Waals surface area contributed by atoms with Gasteiger partial charge in [0.2, 0.25) is 5.91 Å². The Morgan fingerprint density at radius 2 is 2.09 bits per heavy atom. The van der Waals surface area contributed by atoms with E-state index < -0.39 is 5.97 Å². The zero-order valence-corrected chi connectivity index (χ0v) is 14.2. The number of nitrogens with zero attached hydrogens (tertiary/aromatic N) is 2. The molecule has 1 N–H and O–H groups in total. The van der Waals surface area contributed by atoms with Crippen LogP contribution in [-0.2, 0) is 16.0 Å². The highest BCUT2D eigenvalue weighted by molar-refractivity contribution is 7.13. The van der Waals surface area contributed by atoms with E-state index in [1.54, 1.807) is 13.1 Å². The van der Waals surface area contributed by atoms with Gasteiger partial charge in [-0.2, -0.15) is 0 Å². The molecule has 1 aromatic heterocycles. The molecule has 0 aliphatic carbocycles. The van der Waals surface area contributed by atoms with Crippen LogP contribution >= 0.6 is 22.9 Å². The van der Waals surface area contributed by atoms with E-state index in [9.17, 15) is 9.59 Å². The van der Waals surface area contributed by atoms with Gasteiger partial charge in [0.15, 0.2) is 0 Å². The summed E-state index contributed by atoms with van der Waals surface area (Å²) in [6, 6.07) is 7.45. The molecule has 23 heavy (non-hydrogen) atoms. The lowest BCUT2D eigenvalue weighted by Gasteiger charge is -2.15. The smallest absolute Gasteiger partial charge is 0.303 e. The monoisotopic (exact) mass is 352 g/mol. The van der Waals surface area contributed by atoms with Crippen LogP contribution in [0.3, 0.4) is 0 Å². The highest BCUT2D eigenvalue weighted by Crippen LogP contribution is 2.30. The highest BCUT2D eigenvalue weighted by Gasteiger charge is 2.14. The van der Waals surface area contributed by atoms with Crippen LogP contribution in [0.1, 0.15) is 18.5 Å². The average molecular weight is 353 g/mol. The van der Waals surface area contributed by atoms with Gasteiger partial charge in [-0.15, -0.1) is 11.3 Å². The van der Waals surface area contributed by atoms with Crippen molar-refractivity contribution in [1.29, 1.82) is 0 Å². The minimum absolute atomic E-state index is 0.0605. The molecule has 0 saturated carbocycles. The number of aromatic nitrogens is 1. The Bertz CT molecular complexity index is 702. The Balaban J connectivity index is 1.95. The Labute approximate surface area is 143 Å². The Morgan fingerprint density at radius 1 is 1.35 bits per heavy atom. The van der Waals surface area contributed by atoms with Gasteiger partial charge in [0.1, 0.15) is 5.01 Å². The second kappa shape index (κ2) is 8.08. The molecular weight excluding hydrogens is 336 g/mol. The van der Waals surface area contributed by atoms with Crippen molar-refractivity contribution in [2.24, 2.45) is 0 Å². The molecule has 0 aliphatic heterocycles. The molecule has 5 nitrogen and oxygen atoms in total. The molecule has 7 heteroatoms. The van der Waals surface area contributed by atoms with E-state index in [-0.39, 0.29) is 18.7 Å². The van der Waals surface area contributed by atoms with Gasteiger partial charge in [-0.25, -0.2) is 4.98 Å². The third-order valence-electron chi connectivity index (χ3n) is 3.30. The van der Waals surface area contributed by atoms with Gasteiger partial charge >= 0.3 is 5.97 Å². The number of benzene rings is 1. The third-order valence-corrected chi connectivity index (χ3v) is 4.55. The molecule has 1 aromatic carbocycles. The molecule has 2 rings (SSSR count). The van der Waals surface area contributed by atoms with Crippen LogP contribution in [0, 0.1) is 0 Å². The maximum absolute atomic E-state index is 12.1. The topological polar surface area (TPSA) is 70.5 Å². The van der Waals surface area contributed by atoms with Gasteiger partial charge in [-0.05, 0) is 12.5 Å². The van der Waals surface area contributed by atoms with Gasteiger partial charge in [0, 0.05) is 31.0 Å². The van der Waals surface area contributed by atoms with Crippen molar-refractivity contribution >= 4 is 34.8 Å². The average Bonchev–Trinajstić information content (AvgIpc) is 2.95. The number of likely N-dealkylation sites (N-methyl/N-ethyl adjacent to an activating group) is 1. The SMILES string of the molecule is CN(CCCC(=O)O)C(=O)Cc1csc(-c2ccccc2Cl)n1. The van der Waals surface area contributed by atoms with Crippen LogP contribution in [0.4, 0.5) is 0 Å². The summed E-state index contributed by atoms with van der Waals surface area (Å²) in [4.78, 5) is 28.6. The van der Waals surface area contributed by atoms with Gasteiger partial charge in [0.05, 0.1) is 17.1 Å². The molecule has 1 heterocycles. The zero-order valence-electron chi connectivity index (χ0n) is 12.7. The summed E-state index contributed by atoms with van der Waals surface area (Å²) in [5, 5.41) is 11.9. The second-order valence-corrected chi connectivity index (χ2v) is 6.38. The summed E-state index contributed by atoms with van der Waals surface area (Å²) < 4.78 is 0. The van der Waals surface area contributed by atoms with Crippen molar-refractivity contribution in [3.05, 3.63) is 40.4 Å². The van der Waals surface area contributed by atoms with E-state index in [4.69, 9.17) is 16.7 Å². The molecule has 0 aliphatic rings. The number of thiazole rings is 1. The van der Waals surface area contributed by atoms with Crippen molar-refractivity contribution in [3.63, 3.8) is 0 Å². The van der Waals surface area contributed by atoms with E-state index >= 15 is 0 Å². The van der Waals surface area contributed by atoms with Crippen LogP contribution in [-0.4, -0.2) is 40.5 Å². The number of rotatable bonds is 7. The molecule has 0 fully saturated rings. The maximum atomic E-state index is 12.1. The first-order valence-electron chi connectivity index (χ1n) is 7.12. The summed E-state index contributed by atoms with van der Waals surface area (Å²) in [6.07, 6.45) is 0.703. The summed E-state index contributed by atoms with van der Waals surface area (Å²) in [5.74, 6) is -0.930. The van der Waals surface area contributed by atoms with E-state index in [1.165, 1.54) is 16.2 Å². The Morgan fingerprint density at radius 3 is 2.78 bits per heavy atom. The fourth-order valence-electron chi connectivity index (χ4n) is 2.03. The van der Waals surface area contributed by atoms with Crippen LogP contribution in [0.5, 0.6) is 0 Å². The first-order valence-corrected chi connectivity index (χ1v) is 8.38. The van der Waals surface area contributed by atoms with Crippen LogP contribution in [0.2, 0.25) is 5.02 Å². The van der Waals surface area contributed by atoms with E-state index in [2.05, 4.69) is 4.98 Å². The fraction of sp³-hybridized carbons (Fsp3) is 0.312. The molecule has 0 radical (unpaired) electrons. The number of carboxylic acids is 1. The molecule has 0 unspecified atom stereocenters. The zero-order chi connectivity index (χ0) is 16.8. The number of carbonyl (C=O) groups excluding carboxylic acids is 1. The first-order chi connectivity index (χ1) is 11.0. The van der Waals surface area contributed by atoms with Crippen molar-refractivity contribution in [2.75, 3.05) is 13.6 Å². The molecule has 2 aromatic rings. The van der Waals surface area contributed by atoms with Crippen molar-refractivity contribution in [2.45, 2.75) is 19.3 Å². The van der Waals surface area contributed by atoms with Crippen molar-refractivity contribution in [3.8, 4) is 10.6 Å². The van der Waals surface area contributed by atoms with E-state index in [0.29, 0.717) is 23.7 Å². The van der Waals surface area contributed by atoms with Crippen LogP contribution < -0.4 is 0 Å². The molecule has 0 atom stereocenters. The maximum Gasteiger partial charge on any atom is 0.303 e. The third kappa shape index (κ3) is 5.04. The quantitative estimate of drug-likeness (QED) is 0.829. The first kappa shape index (κ1) is 17.4. The molecule has 0 bridgehead atoms. The van der Waals surface area contributed by atoms with Crippen molar-refractivity contribution in [1.82, 2.24) is 9.88 Å². The molecule has 0 spiro atoms. The predicted octanol–water partition coefficient (Wildman–Crippen LogP) is 3.33. The van der Waals surface area contributed by atoms with Gasteiger partial charge in [-0.3, -0.25) is 9.59 Å². The lowest BCUT2D eigenvalue weighted by molar-refractivity contribution is -0.138.